The van der Waals surface area contributed by atoms with Gasteiger partial charge >= 0.3 is 29.6 Å². The van der Waals surface area contributed by atoms with Crippen LogP contribution in [-0.4, -0.2) is 13.3 Å². The van der Waals surface area contributed by atoms with Crippen molar-refractivity contribution in [2.75, 3.05) is 0 Å². The standard InChI is InChI=1S/Na.H2O3S.H2/c;1-4(2)3;/h;(H2,1,2,3);1H/q+1;;/p-1. The third kappa shape index (κ3) is 41.7. The maximum atomic E-state index is 8.56. The van der Waals surface area contributed by atoms with E-state index in [1.807, 2.05) is 0 Å². The number of hydrogen-bond donors (Lipinski definition) is 1. The molecule has 0 radical (unpaired) electrons. The van der Waals surface area contributed by atoms with Gasteiger partial charge in [-0.3, -0.25) is 0 Å². The maximum Gasteiger partial charge on any atom is 1.00 e. The number of hydrogen-bond acceptors (Lipinski definition) is 2. The molecule has 0 aliphatic rings. The largest absolute Gasteiger partial charge is 1.00 e. The van der Waals surface area contributed by atoms with E-state index < -0.39 is 11.4 Å². The van der Waals surface area contributed by atoms with E-state index in [2.05, 4.69) is 0 Å². The van der Waals surface area contributed by atoms with Crippen molar-refractivity contribution in [2.45, 2.75) is 0 Å². The van der Waals surface area contributed by atoms with Crippen LogP contribution in [0.15, 0.2) is 0 Å². The van der Waals surface area contributed by atoms with E-state index in [0.717, 1.165) is 0 Å². The molecule has 0 aliphatic heterocycles. The van der Waals surface area contributed by atoms with Crippen molar-refractivity contribution in [1.82, 2.24) is 0 Å². The molecule has 0 saturated carbocycles. The SMILES string of the molecule is O=S([O-])O.[HH].[Na+]. The molecule has 0 spiro atoms. The molecule has 1 atom stereocenters. The zero-order valence-corrected chi connectivity index (χ0v) is 5.49. The Balaban J connectivity index is -0.0000000450. The predicted molar refractivity (Wildman–Crippen MR) is 13.7 cm³/mol. The van der Waals surface area contributed by atoms with E-state index in [1.165, 1.54) is 0 Å². The van der Waals surface area contributed by atoms with E-state index in [9.17, 15) is 0 Å². The van der Waals surface area contributed by atoms with E-state index in [4.69, 9.17) is 13.3 Å². The molecule has 0 saturated heterocycles. The summed E-state index contributed by atoms with van der Waals surface area (Å²) in [6.45, 7) is 0. The minimum absolute atomic E-state index is 0. The molecule has 3 nitrogen and oxygen atoms in total. The van der Waals surface area contributed by atoms with Gasteiger partial charge in [-0.05, 0) is 0 Å². The van der Waals surface area contributed by atoms with Gasteiger partial charge in [0.25, 0.3) is 0 Å². The van der Waals surface area contributed by atoms with Crippen molar-refractivity contribution in [1.29, 1.82) is 0 Å². The molecule has 0 fully saturated rings. The Hall–Kier alpha value is 1.07. The normalized spacial score (nSPS) is 12.4. The first kappa shape index (κ1) is 9.42. The van der Waals surface area contributed by atoms with Crippen molar-refractivity contribution in [3.63, 3.8) is 0 Å². The van der Waals surface area contributed by atoms with Gasteiger partial charge in [-0.1, -0.05) is 0 Å². The summed E-state index contributed by atoms with van der Waals surface area (Å²) >= 11 is -2.86. The van der Waals surface area contributed by atoms with Crippen LogP contribution in [-0.2, 0) is 11.4 Å². The molecular formula is H3NaO3S. The van der Waals surface area contributed by atoms with Crippen molar-refractivity contribution >= 4 is 11.4 Å². The Kier molecular flexibility index (Phi) is 9.55. The monoisotopic (exact) mass is 106 g/mol. The van der Waals surface area contributed by atoms with Gasteiger partial charge in [0.15, 0.2) is 0 Å². The number of rotatable bonds is 0. The van der Waals surface area contributed by atoms with Gasteiger partial charge in [-0.25, -0.2) is 4.21 Å². The summed E-state index contributed by atoms with van der Waals surface area (Å²) in [7, 11) is 0. The predicted octanol–water partition coefficient (Wildman–Crippen LogP) is -3.41. The van der Waals surface area contributed by atoms with Gasteiger partial charge in [0.05, 0.1) is 11.4 Å². The van der Waals surface area contributed by atoms with Gasteiger partial charge in [-0.15, -0.1) is 0 Å². The Labute approximate surface area is 55.7 Å². The second kappa shape index (κ2) is 5.07. The van der Waals surface area contributed by atoms with Crippen molar-refractivity contribution < 1.29 is 44.3 Å². The van der Waals surface area contributed by atoms with Crippen LogP contribution in [0.5, 0.6) is 0 Å². The summed E-state index contributed by atoms with van der Waals surface area (Å²) in [5, 5.41) is 0. The van der Waals surface area contributed by atoms with Crippen LogP contribution in [0.1, 0.15) is 1.43 Å². The zero-order chi connectivity index (χ0) is 3.58. The Morgan fingerprint density at radius 1 is 2.00 bits per heavy atom. The summed E-state index contributed by atoms with van der Waals surface area (Å²) in [6, 6.07) is 0. The Morgan fingerprint density at radius 2 is 2.00 bits per heavy atom. The molecule has 0 amide bonds. The van der Waals surface area contributed by atoms with E-state index in [-0.39, 0.29) is 31.0 Å². The average Bonchev–Trinajstić information content (AvgIpc) is 0.811. The third-order valence-corrected chi connectivity index (χ3v) is 0. The van der Waals surface area contributed by atoms with Gasteiger partial charge in [0.2, 0.25) is 0 Å². The minimum atomic E-state index is -2.86. The second-order valence-corrected chi connectivity index (χ2v) is 0.651. The van der Waals surface area contributed by atoms with Crippen LogP contribution in [0, 0.1) is 0 Å². The molecule has 28 valence electrons. The summed E-state index contributed by atoms with van der Waals surface area (Å²) in [4.78, 5) is 0. The summed E-state index contributed by atoms with van der Waals surface area (Å²) in [5.41, 5.74) is 0. The van der Waals surface area contributed by atoms with Crippen LogP contribution in [0.2, 0.25) is 0 Å². The van der Waals surface area contributed by atoms with Crippen LogP contribution >= 0.6 is 0 Å². The van der Waals surface area contributed by atoms with Crippen molar-refractivity contribution in [2.24, 2.45) is 0 Å². The van der Waals surface area contributed by atoms with Gasteiger partial charge in [0.1, 0.15) is 0 Å². The van der Waals surface area contributed by atoms with Crippen LogP contribution < -0.4 is 29.6 Å². The molecular weight excluding hydrogens is 103 g/mol. The maximum absolute atomic E-state index is 8.56. The fourth-order valence-corrected chi connectivity index (χ4v) is 0. The first-order valence-electron chi connectivity index (χ1n) is 0.516. The molecule has 0 aromatic rings. The van der Waals surface area contributed by atoms with E-state index >= 15 is 0 Å². The fraction of sp³-hybridized carbons (Fsp3) is 0. The molecule has 1 N–H and O–H groups in total. The molecule has 0 aromatic carbocycles. The fourth-order valence-electron chi connectivity index (χ4n) is 0. The van der Waals surface area contributed by atoms with Crippen LogP contribution in [0.25, 0.3) is 0 Å². The van der Waals surface area contributed by atoms with Gasteiger partial charge in [0, 0.05) is 1.43 Å². The first-order chi connectivity index (χ1) is 1.73. The molecule has 0 bridgehead atoms. The molecule has 5 heteroatoms. The smallest absolute Gasteiger partial charge is 0.750 e. The van der Waals surface area contributed by atoms with E-state index in [0.29, 0.717) is 0 Å². The Bertz CT molecular complexity index is 33.8. The molecule has 0 rings (SSSR count). The third-order valence-electron chi connectivity index (χ3n) is 0. The van der Waals surface area contributed by atoms with Crippen molar-refractivity contribution in [3.8, 4) is 0 Å². The van der Waals surface area contributed by atoms with Crippen LogP contribution in [0.4, 0.5) is 0 Å². The zero-order valence-electron chi connectivity index (χ0n) is 2.67. The molecule has 0 aromatic heterocycles. The van der Waals surface area contributed by atoms with Gasteiger partial charge < -0.3 is 9.11 Å². The molecule has 0 heterocycles. The van der Waals surface area contributed by atoms with Gasteiger partial charge in [-0.2, -0.15) is 0 Å². The summed E-state index contributed by atoms with van der Waals surface area (Å²) in [6.07, 6.45) is 0. The topological polar surface area (TPSA) is 60.4 Å². The molecule has 0 aliphatic carbocycles. The minimum Gasteiger partial charge on any atom is -0.750 e. The quantitative estimate of drug-likeness (QED) is 0.258. The van der Waals surface area contributed by atoms with E-state index in [1.54, 1.807) is 0 Å². The average molecular weight is 106 g/mol. The molecule has 5 heavy (non-hydrogen) atoms. The summed E-state index contributed by atoms with van der Waals surface area (Å²) in [5.74, 6) is 0. The Morgan fingerprint density at radius 3 is 2.00 bits per heavy atom. The second-order valence-electron chi connectivity index (χ2n) is 0.217. The molecule has 1 unspecified atom stereocenters. The summed E-state index contributed by atoms with van der Waals surface area (Å²) < 4.78 is 24.1. The first-order valence-corrected chi connectivity index (χ1v) is 1.55. The van der Waals surface area contributed by atoms with Crippen LogP contribution in [0.3, 0.4) is 0 Å². The van der Waals surface area contributed by atoms with Crippen molar-refractivity contribution in [3.05, 3.63) is 0 Å².